The Morgan fingerprint density at radius 2 is 1.90 bits per heavy atom. The van der Waals surface area contributed by atoms with Gasteiger partial charge in [-0.3, -0.25) is 0 Å². The van der Waals surface area contributed by atoms with Crippen molar-refractivity contribution in [1.29, 1.82) is 0 Å². The van der Waals surface area contributed by atoms with Gasteiger partial charge in [-0.25, -0.2) is 10.8 Å². The van der Waals surface area contributed by atoms with Crippen molar-refractivity contribution in [2.75, 3.05) is 23.5 Å². The van der Waals surface area contributed by atoms with Crippen LogP contribution in [0.15, 0.2) is 36.4 Å². The van der Waals surface area contributed by atoms with Gasteiger partial charge in [-0.05, 0) is 23.6 Å². The molecule has 0 spiro atoms. The molecule has 2 aromatic rings. The van der Waals surface area contributed by atoms with Gasteiger partial charge in [0.2, 0.25) is 0 Å². The molecule has 2 rings (SSSR count). The number of anilines is 3. The van der Waals surface area contributed by atoms with Gasteiger partial charge >= 0.3 is 0 Å². The van der Waals surface area contributed by atoms with Crippen molar-refractivity contribution >= 4 is 17.3 Å². The normalized spacial score (nSPS) is 12.1. The molecule has 1 aromatic carbocycles. The van der Waals surface area contributed by atoms with E-state index in [0.717, 1.165) is 11.1 Å². The maximum absolute atomic E-state index is 9.32. The number of aromatic nitrogens is 1. The fourth-order valence-electron chi connectivity index (χ4n) is 2.31. The summed E-state index contributed by atoms with van der Waals surface area (Å²) in [7, 11) is 0. The molecule has 0 radical (unpaired) electrons. The highest BCUT2D eigenvalue weighted by atomic mass is 16.3. The molecule has 0 bridgehead atoms. The van der Waals surface area contributed by atoms with Gasteiger partial charge in [-0.15, -0.1) is 0 Å². The molecule has 0 fully saturated rings. The number of rotatable bonds is 5. The first-order valence-electron chi connectivity index (χ1n) is 6.35. The maximum Gasteiger partial charge on any atom is 0.165 e. The number of aliphatic hydroxyl groups is 1. The van der Waals surface area contributed by atoms with Crippen molar-refractivity contribution in [2.45, 2.75) is 12.3 Å². The van der Waals surface area contributed by atoms with Crippen molar-refractivity contribution in [3.63, 3.8) is 0 Å². The van der Waals surface area contributed by atoms with Crippen LogP contribution in [0.25, 0.3) is 0 Å². The van der Waals surface area contributed by atoms with Gasteiger partial charge in [0.15, 0.2) is 5.82 Å². The van der Waals surface area contributed by atoms with E-state index in [9.17, 15) is 5.11 Å². The topological polar surface area (TPSA) is 123 Å². The third-order valence-corrected chi connectivity index (χ3v) is 3.24. The number of hydrazine groups is 1. The van der Waals surface area contributed by atoms with E-state index in [0.29, 0.717) is 23.7 Å². The summed E-state index contributed by atoms with van der Waals surface area (Å²) >= 11 is 0. The number of hydrogen-bond acceptors (Lipinski definition) is 6. The molecule has 0 aliphatic heterocycles. The van der Waals surface area contributed by atoms with Crippen LogP contribution in [0.3, 0.4) is 0 Å². The van der Waals surface area contributed by atoms with Gasteiger partial charge < -0.3 is 22.0 Å². The molecule has 106 valence electrons. The Morgan fingerprint density at radius 3 is 2.50 bits per heavy atom. The lowest BCUT2D eigenvalue weighted by Gasteiger charge is -2.20. The van der Waals surface area contributed by atoms with Crippen molar-refractivity contribution < 1.29 is 5.11 Å². The molecule has 6 nitrogen and oxygen atoms in total. The van der Waals surface area contributed by atoms with Gasteiger partial charge in [0, 0.05) is 12.5 Å². The number of aliphatic hydroxyl groups excluding tert-OH is 1. The monoisotopic (exact) mass is 273 g/mol. The van der Waals surface area contributed by atoms with Crippen molar-refractivity contribution in [1.82, 2.24) is 4.98 Å². The molecule has 1 atom stereocenters. The zero-order valence-corrected chi connectivity index (χ0v) is 11.1. The first-order chi connectivity index (χ1) is 9.67. The molecule has 1 aromatic heterocycles. The van der Waals surface area contributed by atoms with Crippen LogP contribution < -0.4 is 22.7 Å². The lowest BCUT2D eigenvalue weighted by molar-refractivity contribution is 0.281. The summed E-state index contributed by atoms with van der Waals surface area (Å²) in [5.41, 5.74) is 16.6. The Kier molecular flexibility index (Phi) is 4.39. The van der Waals surface area contributed by atoms with Crippen LogP contribution in [-0.4, -0.2) is 16.7 Å². The van der Waals surface area contributed by atoms with Crippen LogP contribution in [0.2, 0.25) is 0 Å². The van der Waals surface area contributed by atoms with Crippen LogP contribution in [0.1, 0.15) is 23.5 Å². The lowest BCUT2D eigenvalue weighted by atomic mass is 9.88. The minimum Gasteiger partial charge on any atom is -0.396 e. The lowest BCUT2D eigenvalue weighted by Crippen LogP contribution is -2.15. The van der Waals surface area contributed by atoms with E-state index < -0.39 is 0 Å². The second-order valence-corrected chi connectivity index (χ2v) is 4.52. The van der Waals surface area contributed by atoms with E-state index in [2.05, 4.69) is 10.4 Å². The van der Waals surface area contributed by atoms with Crippen LogP contribution in [0.4, 0.5) is 17.3 Å². The van der Waals surface area contributed by atoms with E-state index in [-0.39, 0.29) is 12.5 Å². The summed E-state index contributed by atoms with van der Waals surface area (Å²) in [6, 6.07) is 11.5. The molecule has 1 heterocycles. The number of nitrogens with zero attached hydrogens (tertiary/aromatic N) is 1. The number of nitrogen functional groups attached to an aromatic ring is 3. The summed E-state index contributed by atoms with van der Waals surface area (Å²) < 4.78 is 0. The van der Waals surface area contributed by atoms with Gasteiger partial charge in [0.1, 0.15) is 5.82 Å². The van der Waals surface area contributed by atoms with Crippen molar-refractivity contribution in [3.8, 4) is 0 Å². The quantitative estimate of drug-likeness (QED) is 0.410. The number of benzene rings is 1. The summed E-state index contributed by atoms with van der Waals surface area (Å²) in [6.45, 7) is 0.0482. The van der Waals surface area contributed by atoms with Crippen molar-refractivity contribution in [2.24, 2.45) is 5.84 Å². The van der Waals surface area contributed by atoms with Crippen molar-refractivity contribution in [3.05, 3.63) is 47.5 Å². The summed E-state index contributed by atoms with van der Waals surface area (Å²) in [4.78, 5) is 4.04. The third-order valence-electron chi connectivity index (χ3n) is 3.24. The fourth-order valence-corrected chi connectivity index (χ4v) is 2.31. The Labute approximate surface area is 117 Å². The number of nitrogens with one attached hydrogen (secondary N) is 1. The van der Waals surface area contributed by atoms with E-state index >= 15 is 0 Å². The summed E-state index contributed by atoms with van der Waals surface area (Å²) in [5.74, 6) is 6.03. The highest BCUT2D eigenvalue weighted by Gasteiger charge is 2.19. The number of nitrogens with two attached hydrogens (primary N) is 3. The molecular formula is C14H19N5O. The van der Waals surface area contributed by atoms with Crippen LogP contribution >= 0.6 is 0 Å². The van der Waals surface area contributed by atoms with Gasteiger partial charge in [-0.1, -0.05) is 30.3 Å². The third kappa shape index (κ3) is 2.81. The predicted octanol–water partition coefficient (Wildman–Crippen LogP) is 1.05. The zero-order valence-electron chi connectivity index (χ0n) is 11.1. The zero-order chi connectivity index (χ0) is 14.5. The highest BCUT2D eigenvalue weighted by Crippen LogP contribution is 2.35. The second kappa shape index (κ2) is 6.23. The molecule has 0 aliphatic carbocycles. The van der Waals surface area contributed by atoms with Crippen LogP contribution in [0.5, 0.6) is 0 Å². The number of hydrogen-bond donors (Lipinski definition) is 5. The minimum absolute atomic E-state index is 0.0482. The molecular weight excluding hydrogens is 254 g/mol. The van der Waals surface area contributed by atoms with E-state index in [1.807, 2.05) is 30.3 Å². The van der Waals surface area contributed by atoms with E-state index in [4.69, 9.17) is 17.3 Å². The predicted molar refractivity (Wildman–Crippen MR) is 80.9 cm³/mol. The van der Waals surface area contributed by atoms with E-state index in [1.54, 1.807) is 6.07 Å². The van der Waals surface area contributed by atoms with E-state index in [1.165, 1.54) is 0 Å². The Balaban J connectivity index is 2.52. The van der Waals surface area contributed by atoms with Gasteiger partial charge in [0.25, 0.3) is 0 Å². The molecule has 0 amide bonds. The average Bonchev–Trinajstić information content (AvgIpc) is 2.48. The molecule has 0 saturated carbocycles. The second-order valence-electron chi connectivity index (χ2n) is 4.52. The van der Waals surface area contributed by atoms with Crippen LogP contribution in [0, 0.1) is 0 Å². The van der Waals surface area contributed by atoms with Gasteiger partial charge in [-0.2, -0.15) is 0 Å². The standard InChI is InChI=1S/C14H19N5O/c15-12-8-11(13(16)14(18-12)19-17)10(6-7-20)9-4-2-1-3-5-9/h1-5,8,10,20H,6-7,16-17H2,(H3,15,18,19). The Bertz CT molecular complexity index is 573. The molecule has 1 unspecified atom stereocenters. The smallest absolute Gasteiger partial charge is 0.165 e. The summed E-state index contributed by atoms with van der Waals surface area (Å²) in [6.07, 6.45) is 0.543. The molecule has 20 heavy (non-hydrogen) atoms. The highest BCUT2D eigenvalue weighted by molar-refractivity contribution is 5.70. The Morgan fingerprint density at radius 1 is 1.20 bits per heavy atom. The SMILES string of the molecule is NNc1nc(N)cc(C(CCO)c2ccccc2)c1N. The summed E-state index contributed by atoms with van der Waals surface area (Å²) in [5, 5.41) is 9.32. The maximum atomic E-state index is 9.32. The number of pyridine rings is 1. The first kappa shape index (κ1) is 14.1. The fraction of sp³-hybridized carbons (Fsp3) is 0.214. The average molecular weight is 273 g/mol. The molecule has 6 heteroatoms. The minimum atomic E-state index is -0.0569. The molecule has 8 N–H and O–H groups in total. The Hall–Kier alpha value is -2.31. The van der Waals surface area contributed by atoms with Gasteiger partial charge in [0.05, 0.1) is 5.69 Å². The molecule has 0 saturated heterocycles. The largest absolute Gasteiger partial charge is 0.396 e. The molecule has 0 aliphatic rings. The van der Waals surface area contributed by atoms with Crippen LogP contribution in [-0.2, 0) is 0 Å². The first-order valence-corrected chi connectivity index (χ1v) is 6.35.